The van der Waals surface area contributed by atoms with Crippen LogP contribution in [0.25, 0.3) is 0 Å². The Labute approximate surface area is 702 Å². The first-order valence-corrected chi connectivity index (χ1v) is 49.9. The van der Waals surface area contributed by atoms with Crippen LogP contribution in [-0.4, -0.2) is 144 Å². The number of ether oxygens (including phenoxy) is 4. The maximum atomic E-state index is 14.2. The fraction of sp³-hybridized carbons (Fsp3) is 0.890. The lowest BCUT2D eigenvalue weighted by Gasteiger charge is -2.23. The van der Waals surface area contributed by atoms with Gasteiger partial charge in [0, 0.05) is 45.1 Å². The lowest BCUT2D eigenvalue weighted by atomic mass is 10.1. The van der Waals surface area contributed by atoms with Crippen LogP contribution in [0.15, 0.2) is 25.3 Å². The lowest BCUT2D eigenvalue weighted by Crippen LogP contribution is -2.74. The molecule has 0 fully saturated rings. The molecule has 0 aromatic rings. The van der Waals surface area contributed by atoms with Crippen molar-refractivity contribution >= 4 is 51.2 Å². The standard InChI is InChI=1S/C91H174N4O18P2/c1-9-17-23-29-33-37-39-43-45-51-57-63-86(96)94-82(78-104-73-67-84(61-55-49-27-21-13-5)112-90(100)65-59-53-47-41-35-31-25-19-11-3)80-110-114(102,106-71-15-7)108-75-69-92-88(98)77-89(99)93-70-76-109-115(103,107-72-16-8)111-81-83(95-87(97)64-58-52-46-44-40-38-34-30-24-18-10-2)79-105-74-68-85(62-56-50-28-22-14-6)113-91(101)66-60-54-48-42-36-32-26-20-12-4/h15-16,82-85H,7-14,17-81H2,1-6H3,(H,92,98)(H,93,99)(H,94,96)(H,95,97)/p+1/t82-,83+,84-,85-,114?,115?/m1/s1. The van der Waals surface area contributed by atoms with Crippen LogP contribution in [0.3, 0.4) is 0 Å². The highest BCUT2D eigenvalue weighted by Gasteiger charge is 2.31. The number of esters is 2. The highest BCUT2D eigenvalue weighted by atomic mass is 31.2. The molecule has 0 spiro atoms. The third-order valence-corrected chi connectivity index (χ3v) is 23.5. The van der Waals surface area contributed by atoms with Crippen molar-refractivity contribution in [2.24, 2.45) is 0 Å². The molecule has 24 heteroatoms. The number of unbranched alkanes of at least 4 members (excludes halogenated alkanes) is 44. The molecule has 5 N–H and O–H groups in total. The van der Waals surface area contributed by atoms with Crippen molar-refractivity contribution in [1.29, 1.82) is 0 Å². The first-order valence-electron chi connectivity index (χ1n) is 47.0. The van der Waals surface area contributed by atoms with Gasteiger partial charge in [0.15, 0.2) is 6.54 Å². The largest absolute Gasteiger partial charge is 0.475 e. The molecule has 0 aliphatic heterocycles. The summed E-state index contributed by atoms with van der Waals surface area (Å²) in [6, 6.07) is -1.50. The maximum absolute atomic E-state index is 14.2. The zero-order chi connectivity index (χ0) is 84.3. The first kappa shape index (κ1) is 111. The van der Waals surface area contributed by atoms with E-state index in [1.54, 1.807) is 0 Å². The molecule has 0 aliphatic carbocycles. The topological polar surface area (TPSA) is 282 Å². The smallest absolute Gasteiger partial charge is 0.463 e. The fourth-order valence-corrected chi connectivity index (χ4v) is 16.0. The number of hydrogen-bond acceptors (Lipinski definition) is 17. The number of aliphatic hydroxyl groups excluding tert-OH is 1. The van der Waals surface area contributed by atoms with Gasteiger partial charge in [-0.05, 0) is 51.4 Å². The van der Waals surface area contributed by atoms with Gasteiger partial charge in [0.05, 0.1) is 71.5 Å². The minimum absolute atomic E-state index is 0.00727. The van der Waals surface area contributed by atoms with E-state index in [2.05, 4.69) is 75.6 Å². The van der Waals surface area contributed by atoms with Crippen LogP contribution >= 0.6 is 15.6 Å². The van der Waals surface area contributed by atoms with Gasteiger partial charge < -0.3 is 40.0 Å². The molecule has 0 bridgehead atoms. The molecule has 6 atom stereocenters. The Morgan fingerprint density at radius 2 is 0.643 bits per heavy atom. The van der Waals surface area contributed by atoms with Gasteiger partial charge >= 0.3 is 33.5 Å². The predicted molar refractivity (Wildman–Crippen MR) is 470 cm³/mol. The van der Waals surface area contributed by atoms with E-state index in [1.807, 2.05) is 0 Å². The number of carbonyl (C=O) groups excluding carboxylic acids is 5. The molecule has 0 rings (SSSR count). The Balaban J connectivity index is 6.00. The van der Waals surface area contributed by atoms with Crippen LogP contribution in [0.2, 0.25) is 0 Å². The van der Waals surface area contributed by atoms with E-state index < -0.39 is 46.0 Å². The minimum atomic E-state index is -4.33. The van der Waals surface area contributed by atoms with Crippen LogP contribution < -0.4 is 20.9 Å². The van der Waals surface area contributed by atoms with Crippen molar-refractivity contribution in [2.75, 3.05) is 79.2 Å². The number of phosphoric ester groups is 2. The monoisotopic (exact) mass is 1670 g/mol. The Hall–Kier alpha value is -3.56. The Kier molecular flexibility index (Phi) is 81.5. The second-order valence-electron chi connectivity index (χ2n) is 31.8. The second-order valence-corrected chi connectivity index (χ2v) is 35.2. The summed E-state index contributed by atoms with van der Waals surface area (Å²) in [6.45, 7) is 19.3. The lowest BCUT2D eigenvalue weighted by molar-refractivity contribution is -0.469. The summed E-state index contributed by atoms with van der Waals surface area (Å²) in [4.78, 5) is 69.1. The van der Waals surface area contributed by atoms with Crippen LogP contribution in [0.4, 0.5) is 0 Å². The van der Waals surface area contributed by atoms with Crippen molar-refractivity contribution < 1.29 is 89.3 Å². The SMILES string of the molecule is C=CCOP(=O)(OCC[NH+]=C(O)CC(=O)NCCOP(=O)(OCC=C)OC[C@H](COCC[C@@H](CCCCCCC)OC(=O)CCCCCCCCCCC)NC(=O)CCCCCCCCCCCCC)OC[C@@H](COCC[C@@H](CCCCCCC)OC(=O)CCCCCCCCCCC)NC(=O)CCCCCCCCCCCCC. The number of amides is 3. The van der Waals surface area contributed by atoms with Crippen molar-refractivity contribution in [3.05, 3.63) is 25.3 Å². The van der Waals surface area contributed by atoms with Crippen LogP contribution in [0.5, 0.6) is 0 Å². The molecule has 676 valence electrons. The molecular formula is C91H175N4O18P2+. The Morgan fingerprint density at radius 1 is 0.348 bits per heavy atom. The second kappa shape index (κ2) is 84.1. The van der Waals surface area contributed by atoms with Gasteiger partial charge in [0.25, 0.3) is 0 Å². The molecule has 0 saturated carbocycles. The molecule has 0 aromatic carbocycles. The number of aliphatic hydroxyl groups is 1. The van der Waals surface area contributed by atoms with E-state index in [1.165, 1.54) is 179 Å². The zero-order valence-electron chi connectivity index (χ0n) is 74.4. The first-order chi connectivity index (χ1) is 56.0. The molecule has 3 amide bonds. The fourth-order valence-electron chi connectivity index (χ4n) is 13.6. The predicted octanol–water partition coefficient (Wildman–Crippen LogP) is 22.8. The minimum Gasteiger partial charge on any atom is -0.463 e. The Bertz CT molecular complexity index is 2410. The van der Waals surface area contributed by atoms with Gasteiger partial charge in [0.1, 0.15) is 25.2 Å². The van der Waals surface area contributed by atoms with Gasteiger partial charge in [-0.2, -0.15) is 0 Å². The van der Waals surface area contributed by atoms with Gasteiger partial charge in [0.2, 0.25) is 17.7 Å². The summed E-state index contributed by atoms with van der Waals surface area (Å²) in [7, 11) is -8.66. The van der Waals surface area contributed by atoms with E-state index in [4.69, 9.17) is 46.1 Å². The van der Waals surface area contributed by atoms with E-state index >= 15 is 0 Å². The molecule has 115 heavy (non-hydrogen) atoms. The summed E-state index contributed by atoms with van der Waals surface area (Å²) in [5.41, 5.74) is 0. The summed E-state index contributed by atoms with van der Waals surface area (Å²) in [5.74, 6) is -1.81. The quantitative estimate of drug-likeness (QED) is 0.00945. The van der Waals surface area contributed by atoms with E-state index in [0.29, 0.717) is 51.4 Å². The van der Waals surface area contributed by atoms with Crippen molar-refractivity contribution in [3.63, 3.8) is 0 Å². The van der Waals surface area contributed by atoms with E-state index in [9.17, 15) is 38.2 Å². The summed E-state index contributed by atoms with van der Waals surface area (Å²) in [5, 5.41) is 19.5. The third kappa shape index (κ3) is 76.3. The van der Waals surface area contributed by atoms with Crippen LogP contribution in [-0.2, 0) is 79.2 Å². The molecule has 2 unspecified atom stereocenters. The molecule has 0 radical (unpaired) electrons. The summed E-state index contributed by atoms with van der Waals surface area (Å²) < 4.78 is 87.1. The molecule has 0 saturated heterocycles. The maximum Gasteiger partial charge on any atom is 0.475 e. The molecule has 22 nitrogen and oxygen atoms in total. The van der Waals surface area contributed by atoms with Gasteiger partial charge in [-0.15, -0.1) is 13.2 Å². The average Bonchev–Trinajstić information content (AvgIpc) is 0.888. The number of hydrogen-bond donors (Lipinski definition) is 5. The Morgan fingerprint density at radius 3 is 0.965 bits per heavy atom. The average molecular weight is 1680 g/mol. The van der Waals surface area contributed by atoms with Crippen molar-refractivity contribution in [1.82, 2.24) is 16.0 Å². The molecule has 0 heterocycles. The number of rotatable bonds is 92. The highest BCUT2D eigenvalue weighted by Crippen LogP contribution is 2.50. The summed E-state index contributed by atoms with van der Waals surface area (Å²) in [6.07, 6.45) is 62.5. The van der Waals surface area contributed by atoms with E-state index in [-0.39, 0.29) is 115 Å². The number of carbonyl (C=O) groups is 5. The zero-order valence-corrected chi connectivity index (χ0v) is 76.2. The molecule has 0 aliphatic rings. The summed E-state index contributed by atoms with van der Waals surface area (Å²) >= 11 is 0. The molecular weight excluding hydrogens is 1500 g/mol. The highest BCUT2D eigenvalue weighted by molar-refractivity contribution is 7.48. The van der Waals surface area contributed by atoms with Crippen molar-refractivity contribution in [3.8, 4) is 0 Å². The number of nitrogens with one attached hydrogen (secondary N) is 4. The number of phosphoric acid groups is 2. The van der Waals surface area contributed by atoms with Crippen molar-refractivity contribution in [2.45, 2.75) is 445 Å². The van der Waals surface area contributed by atoms with Gasteiger partial charge in [-0.1, -0.05) is 336 Å². The van der Waals surface area contributed by atoms with E-state index in [0.717, 1.165) is 154 Å². The van der Waals surface area contributed by atoms with Crippen LogP contribution in [0, 0.1) is 0 Å². The molecule has 0 aromatic heterocycles. The normalized spacial score (nSPS) is 13.8. The van der Waals surface area contributed by atoms with Gasteiger partial charge in [-0.25, -0.2) is 14.1 Å². The van der Waals surface area contributed by atoms with Crippen LogP contribution in [0.1, 0.15) is 420 Å². The van der Waals surface area contributed by atoms with Gasteiger partial charge in [-0.3, -0.25) is 51.1 Å². The third-order valence-electron chi connectivity index (χ3n) is 20.6.